The SMILES string of the molecule is CNc1ccccc1C(N)C/C=C/C1=C(N(c2ccccc2)c2ccccc2)C(=C/C=C2\Cc3ccccc3N2C)/CC1. The van der Waals surface area contributed by atoms with Crippen LogP contribution in [0.3, 0.4) is 0 Å². The summed E-state index contributed by atoms with van der Waals surface area (Å²) < 4.78 is 0. The van der Waals surface area contributed by atoms with Crippen LogP contribution in [0.15, 0.2) is 156 Å². The fraction of sp³-hybridized carbons (Fsp3) is 0.179. The van der Waals surface area contributed by atoms with Crippen LogP contribution in [0.25, 0.3) is 0 Å². The Morgan fingerprint density at radius 1 is 0.814 bits per heavy atom. The van der Waals surface area contributed by atoms with Gasteiger partial charge in [0.25, 0.3) is 0 Å². The van der Waals surface area contributed by atoms with Crippen molar-refractivity contribution in [3.63, 3.8) is 0 Å². The van der Waals surface area contributed by atoms with Gasteiger partial charge in [0.1, 0.15) is 0 Å². The van der Waals surface area contributed by atoms with Crippen LogP contribution in [-0.2, 0) is 6.42 Å². The Kier molecular flexibility index (Phi) is 8.57. The second-order valence-corrected chi connectivity index (χ2v) is 11.2. The van der Waals surface area contributed by atoms with Crippen molar-refractivity contribution >= 4 is 22.7 Å². The Labute approximate surface area is 256 Å². The van der Waals surface area contributed by atoms with Crippen LogP contribution < -0.4 is 20.9 Å². The summed E-state index contributed by atoms with van der Waals surface area (Å²) in [5.41, 5.74) is 19.1. The fourth-order valence-electron chi connectivity index (χ4n) is 6.24. The van der Waals surface area contributed by atoms with Gasteiger partial charge in [-0.25, -0.2) is 0 Å². The first kappa shape index (κ1) is 28.3. The molecule has 4 aromatic carbocycles. The minimum atomic E-state index is -0.0796. The minimum absolute atomic E-state index is 0.0796. The number of nitrogens with two attached hydrogens (primary N) is 1. The zero-order valence-corrected chi connectivity index (χ0v) is 25.1. The van der Waals surface area contributed by atoms with Crippen molar-refractivity contribution in [2.75, 3.05) is 29.2 Å². The maximum absolute atomic E-state index is 6.69. The Morgan fingerprint density at radius 2 is 1.47 bits per heavy atom. The number of nitrogens with one attached hydrogen (secondary N) is 1. The molecule has 2 aliphatic rings. The summed E-state index contributed by atoms with van der Waals surface area (Å²) in [7, 11) is 4.12. The average Bonchev–Trinajstić information content (AvgIpc) is 3.60. The molecule has 4 heteroatoms. The number of hydrogen-bond acceptors (Lipinski definition) is 4. The zero-order chi connectivity index (χ0) is 29.6. The Balaban J connectivity index is 1.39. The lowest BCUT2D eigenvalue weighted by Crippen LogP contribution is -2.17. The molecule has 0 bridgehead atoms. The lowest BCUT2D eigenvalue weighted by molar-refractivity contribution is 0.742. The summed E-state index contributed by atoms with van der Waals surface area (Å²) in [6.45, 7) is 0. The maximum atomic E-state index is 6.69. The maximum Gasteiger partial charge on any atom is 0.0525 e. The minimum Gasteiger partial charge on any atom is -0.388 e. The van der Waals surface area contributed by atoms with Crippen molar-refractivity contribution in [2.45, 2.75) is 31.7 Å². The number of rotatable bonds is 9. The van der Waals surface area contributed by atoms with E-state index in [4.69, 9.17) is 5.73 Å². The molecule has 6 rings (SSSR count). The number of anilines is 4. The van der Waals surface area contributed by atoms with Gasteiger partial charge in [-0.2, -0.15) is 0 Å². The summed E-state index contributed by atoms with van der Waals surface area (Å²) in [6, 6.07) is 38.3. The summed E-state index contributed by atoms with van der Waals surface area (Å²) >= 11 is 0. The van der Waals surface area contributed by atoms with Crippen LogP contribution in [0.2, 0.25) is 0 Å². The number of para-hydroxylation sites is 4. The van der Waals surface area contributed by atoms with Gasteiger partial charge in [-0.3, -0.25) is 0 Å². The molecule has 0 amide bonds. The largest absolute Gasteiger partial charge is 0.388 e. The highest BCUT2D eigenvalue weighted by Gasteiger charge is 2.26. The highest BCUT2D eigenvalue weighted by Crippen LogP contribution is 2.42. The molecular formula is C39H40N4. The Morgan fingerprint density at radius 3 is 2.16 bits per heavy atom. The molecule has 1 atom stereocenters. The van der Waals surface area contributed by atoms with Crippen LogP contribution in [0.1, 0.15) is 36.4 Å². The molecule has 0 fully saturated rings. The van der Waals surface area contributed by atoms with Gasteiger partial charge in [-0.15, -0.1) is 0 Å². The molecule has 0 spiro atoms. The molecule has 1 heterocycles. The second-order valence-electron chi connectivity index (χ2n) is 11.2. The molecule has 0 radical (unpaired) electrons. The van der Waals surface area contributed by atoms with E-state index in [1.807, 2.05) is 13.1 Å². The number of likely N-dealkylation sites (N-methyl/N-ethyl adjacent to an activating group) is 1. The van der Waals surface area contributed by atoms with Gasteiger partial charge in [0.2, 0.25) is 0 Å². The first-order valence-electron chi connectivity index (χ1n) is 15.2. The molecule has 1 aliphatic heterocycles. The number of allylic oxidation sites excluding steroid dienone is 6. The predicted molar refractivity (Wildman–Crippen MR) is 183 cm³/mol. The number of benzene rings is 4. The molecular weight excluding hydrogens is 524 g/mol. The van der Waals surface area contributed by atoms with Gasteiger partial charge in [-0.05, 0) is 84.0 Å². The fourth-order valence-corrected chi connectivity index (χ4v) is 6.24. The molecule has 1 aliphatic carbocycles. The van der Waals surface area contributed by atoms with Crippen LogP contribution in [0.5, 0.6) is 0 Å². The third-order valence-electron chi connectivity index (χ3n) is 8.50. The van der Waals surface area contributed by atoms with Gasteiger partial charge < -0.3 is 20.9 Å². The smallest absolute Gasteiger partial charge is 0.0525 e. The monoisotopic (exact) mass is 564 g/mol. The number of nitrogens with zero attached hydrogens (tertiary/aromatic N) is 2. The van der Waals surface area contributed by atoms with Gasteiger partial charge >= 0.3 is 0 Å². The van der Waals surface area contributed by atoms with E-state index in [2.05, 4.69) is 150 Å². The van der Waals surface area contributed by atoms with Gasteiger partial charge in [0, 0.05) is 55.0 Å². The van der Waals surface area contributed by atoms with E-state index in [1.54, 1.807) is 0 Å². The normalized spacial score (nSPS) is 17.2. The Hall–Kier alpha value is -4.80. The standard InChI is InChI=1S/C39H40N4/c1-41-37-22-11-10-20-35(37)36(40)21-13-15-29-24-25-30(26-27-34-28-31-14-9-12-23-38(31)42(34)2)39(29)43(32-16-5-3-6-17-32)33-18-7-4-8-19-33/h3-20,22-23,26-27,36,41H,21,24-25,28,40H2,1-2H3/b15-13+,30-26+,34-27+. The van der Waals surface area contributed by atoms with Crippen LogP contribution in [0, 0.1) is 0 Å². The van der Waals surface area contributed by atoms with E-state index < -0.39 is 0 Å². The summed E-state index contributed by atoms with van der Waals surface area (Å²) in [5.74, 6) is 0. The topological polar surface area (TPSA) is 44.5 Å². The molecule has 0 aromatic heterocycles. The van der Waals surface area contributed by atoms with Gasteiger partial charge in [0.15, 0.2) is 0 Å². The quantitative estimate of drug-likeness (QED) is 0.213. The van der Waals surface area contributed by atoms with E-state index in [9.17, 15) is 0 Å². The number of hydrogen-bond donors (Lipinski definition) is 2. The third-order valence-corrected chi connectivity index (χ3v) is 8.50. The second kappa shape index (κ2) is 13.0. The zero-order valence-electron chi connectivity index (χ0n) is 25.1. The van der Waals surface area contributed by atoms with Crippen molar-refractivity contribution in [3.05, 3.63) is 167 Å². The van der Waals surface area contributed by atoms with Crippen LogP contribution in [0.4, 0.5) is 22.7 Å². The number of fused-ring (bicyclic) bond motifs is 1. The van der Waals surface area contributed by atoms with Crippen molar-refractivity contribution in [3.8, 4) is 0 Å². The molecule has 4 nitrogen and oxygen atoms in total. The highest BCUT2D eigenvalue weighted by molar-refractivity contribution is 5.74. The molecule has 3 N–H and O–H groups in total. The molecule has 4 aromatic rings. The van der Waals surface area contributed by atoms with Crippen molar-refractivity contribution in [1.82, 2.24) is 0 Å². The average molecular weight is 565 g/mol. The van der Waals surface area contributed by atoms with E-state index in [1.165, 1.54) is 33.8 Å². The lowest BCUT2D eigenvalue weighted by Gasteiger charge is -2.28. The van der Waals surface area contributed by atoms with E-state index in [0.29, 0.717) is 0 Å². The predicted octanol–water partition coefficient (Wildman–Crippen LogP) is 9.06. The first-order chi connectivity index (χ1) is 21.1. The van der Waals surface area contributed by atoms with Crippen LogP contribution >= 0.6 is 0 Å². The molecule has 0 saturated carbocycles. The first-order valence-corrected chi connectivity index (χ1v) is 15.2. The van der Waals surface area contributed by atoms with Gasteiger partial charge in [0.05, 0.1) is 5.70 Å². The van der Waals surface area contributed by atoms with Crippen molar-refractivity contribution in [1.29, 1.82) is 0 Å². The molecule has 1 unspecified atom stereocenters. The summed E-state index contributed by atoms with van der Waals surface area (Å²) in [6.07, 6.45) is 12.9. The van der Waals surface area contributed by atoms with E-state index >= 15 is 0 Å². The van der Waals surface area contributed by atoms with Crippen molar-refractivity contribution in [2.24, 2.45) is 5.73 Å². The highest BCUT2D eigenvalue weighted by atomic mass is 15.2. The lowest BCUT2D eigenvalue weighted by atomic mass is 10.0. The molecule has 0 saturated heterocycles. The summed E-state index contributed by atoms with van der Waals surface area (Å²) in [5, 5.41) is 3.28. The Bertz CT molecular complexity index is 1640. The molecule has 216 valence electrons. The van der Waals surface area contributed by atoms with E-state index in [-0.39, 0.29) is 6.04 Å². The summed E-state index contributed by atoms with van der Waals surface area (Å²) in [4.78, 5) is 4.74. The van der Waals surface area contributed by atoms with Crippen LogP contribution in [-0.4, -0.2) is 14.1 Å². The third kappa shape index (κ3) is 6.06. The van der Waals surface area contributed by atoms with Crippen molar-refractivity contribution < 1.29 is 0 Å². The van der Waals surface area contributed by atoms with Gasteiger partial charge in [-0.1, -0.05) is 91.0 Å². The molecule has 43 heavy (non-hydrogen) atoms. The van der Waals surface area contributed by atoms with E-state index in [0.717, 1.165) is 48.3 Å².